The van der Waals surface area contributed by atoms with Crippen LogP contribution in [-0.2, 0) is 0 Å². The summed E-state index contributed by atoms with van der Waals surface area (Å²) in [4.78, 5) is 27.5. The summed E-state index contributed by atoms with van der Waals surface area (Å²) >= 11 is 0. The molecule has 1 aromatic heterocycles. The number of para-hydroxylation sites is 1. The Labute approximate surface area is 142 Å². The lowest BCUT2D eigenvalue weighted by atomic mass is 10.1. The summed E-state index contributed by atoms with van der Waals surface area (Å²) in [5.41, 5.74) is -0.0868. The summed E-state index contributed by atoms with van der Waals surface area (Å²) in [5.74, 6) is -1.34. The summed E-state index contributed by atoms with van der Waals surface area (Å²) in [6.45, 7) is 0. The number of hydrogen-bond donors (Lipinski definition) is 1. The highest BCUT2D eigenvalue weighted by molar-refractivity contribution is 6.09. The number of ether oxygens (including phenoxy) is 1. The van der Waals surface area contributed by atoms with Gasteiger partial charge in [-0.15, -0.1) is 0 Å². The maximum Gasteiger partial charge on any atom is 0.219 e. The number of aromatic hydroxyl groups is 1. The summed E-state index contributed by atoms with van der Waals surface area (Å²) in [7, 11) is 0. The zero-order valence-electron chi connectivity index (χ0n) is 12.8. The van der Waals surface area contributed by atoms with E-state index >= 15 is 0 Å². The van der Waals surface area contributed by atoms with Gasteiger partial charge in [0.2, 0.25) is 11.7 Å². The average molecular weight is 337 g/mol. The predicted octanol–water partition coefficient (Wildman–Crippen LogP) is 3.76. The Balaban J connectivity index is 1.93. The maximum absolute atomic E-state index is 13.6. The van der Waals surface area contributed by atoms with Crippen molar-refractivity contribution in [2.45, 2.75) is 0 Å². The van der Waals surface area contributed by atoms with E-state index in [1.165, 1.54) is 42.5 Å². The van der Waals surface area contributed by atoms with Crippen LogP contribution < -0.4 is 4.74 Å². The van der Waals surface area contributed by atoms with Crippen molar-refractivity contribution in [1.82, 2.24) is 4.98 Å². The minimum Gasteiger partial charge on any atom is -0.507 e. The second kappa shape index (κ2) is 6.92. The first kappa shape index (κ1) is 16.3. The van der Waals surface area contributed by atoms with Crippen LogP contribution in [0.5, 0.6) is 17.4 Å². The molecule has 0 saturated heterocycles. The second-order valence-corrected chi connectivity index (χ2v) is 5.08. The van der Waals surface area contributed by atoms with Crippen LogP contribution in [0.1, 0.15) is 26.4 Å². The first-order valence-electron chi connectivity index (χ1n) is 7.31. The van der Waals surface area contributed by atoms with Gasteiger partial charge in [0.15, 0.2) is 6.29 Å². The number of carbonyl (C=O) groups excluding carboxylic acids is 2. The third-order valence-electron chi connectivity index (χ3n) is 3.45. The molecule has 0 radical (unpaired) electrons. The molecule has 0 spiro atoms. The van der Waals surface area contributed by atoms with Gasteiger partial charge in [-0.05, 0) is 30.3 Å². The summed E-state index contributed by atoms with van der Waals surface area (Å²) in [5, 5.41) is 9.79. The van der Waals surface area contributed by atoms with Gasteiger partial charge in [0.05, 0.1) is 11.1 Å². The molecule has 2 aromatic carbocycles. The first-order chi connectivity index (χ1) is 12.1. The molecule has 0 aliphatic carbocycles. The number of phenolic OH excluding ortho intramolecular Hbond substituents is 1. The first-order valence-corrected chi connectivity index (χ1v) is 7.31. The highest BCUT2D eigenvalue weighted by Gasteiger charge is 2.16. The van der Waals surface area contributed by atoms with Crippen LogP contribution in [0, 0.1) is 5.82 Å². The van der Waals surface area contributed by atoms with Crippen molar-refractivity contribution in [2.24, 2.45) is 0 Å². The Hall–Kier alpha value is -3.54. The lowest BCUT2D eigenvalue weighted by molar-refractivity contribution is 0.103. The zero-order valence-corrected chi connectivity index (χ0v) is 12.8. The van der Waals surface area contributed by atoms with E-state index in [4.69, 9.17) is 4.74 Å². The molecule has 0 amide bonds. The molecule has 0 aliphatic heterocycles. The van der Waals surface area contributed by atoms with Crippen LogP contribution in [-0.4, -0.2) is 22.2 Å². The molecule has 5 nitrogen and oxygen atoms in total. The number of halogens is 1. The van der Waals surface area contributed by atoms with Gasteiger partial charge in [-0.2, -0.15) is 0 Å². The SMILES string of the molecule is O=Cc1c(F)cccc1Oc1cccc(C(=O)c2ccccc2O)n1. The molecule has 6 heteroatoms. The van der Waals surface area contributed by atoms with Gasteiger partial charge >= 0.3 is 0 Å². The zero-order chi connectivity index (χ0) is 17.8. The molecule has 3 aromatic rings. The molecular formula is C19H12FNO4. The van der Waals surface area contributed by atoms with E-state index in [1.54, 1.807) is 12.1 Å². The Kier molecular flexibility index (Phi) is 4.52. The van der Waals surface area contributed by atoms with Gasteiger partial charge in [-0.1, -0.05) is 24.3 Å². The molecule has 0 saturated carbocycles. The number of phenols is 1. The van der Waals surface area contributed by atoms with Crippen molar-refractivity contribution in [3.63, 3.8) is 0 Å². The normalized spacial score (nSPS) is 10.3. The number of hydrogen-bond acceptors (Lipinski definition) is 5. The largest absolute Gasteiger partial charge is 0.507 e. The Morgan fingerprint density at radius 2 is 1.80 bits per heavy atom. The number of carbonyl (C=O) groups is 2. The van der Waals surface area contributed by atoms with Crippen molar-refractivity contribution in [3.8, 4) is 17.4 Å². The third kappa shape index (κ3) is 3.37. The summed E-state index contributed by atoms with van der Waals surface area (Å²) < 4.78 is 19.1. The number of aldehydes is 1. The van der Waals surface area contributed by atoms with E-state index < -0.39 is 11.6 Å². The monoisotopic (exact) mass is 337 g/mol. The van der Waals surface area contributed by atoms with E-state index in [1.807, 2.05) is 0 Å². The molecule has 1 heterocycles. The number of aromatic nitrogens is 1. The molecule has 3 rings (SSSR count). The fourth-order valence-electron chi connectivity index (χ4n) is 2.24. The van der Waals surface area contributed by atoms with E-state index in [-0.39, 0.29) is 34.2 Å². The topological polar surface area (TPSA) is 76.5 Å². The van der Waals surface area contributed by atoms with Crippen LogP contribution in [0.3, 0.4) is 0 Å². The third-order valence-corrected chi connectivity index (χ3v) is 3.45. The van der Waals surface area contributed by atoms with Gasteiger partial charge < -0.3 is 9.84 Å². The Bertz CT molecular complexity index is 956. The number of nitrogens with zero attached hydrogens (tertiary/aromatic N) is 1. The van der Waals surface area contributed by atoms with E-state index in [0.29, 0.717) is 6.29 Å². The minimum atomic E-state index is -0.714. The van der Waals surface area contributed by atoms with Gasteiger partial charge in [-0.3, -0.25) is 9.59 Å². The molecule has 124 valence electrons. The Morgan fingerprint density at radius 1 is 1.04 bits per heavy atom. The van der Waals surface area contributed by atoms with Gasteiger partial charge in [0.1, 0.15) is 23.0 Å². The van der Waals surface area contributed by atoms with E-state index in [0.717, 1.165) is 6.07 Å². The van der Waals surface area contributed by atoms with Crippen molar-refractivity contribution in [1.29, 1.82) is 0 Å². The lowest BCUT2D eigenvalue weighted by Crippen LogP contribution is -2.05. The van der Waals surface area contributed by atoms with Crippen LogP contribution >= 0.6 is 0 Å². The van der Waals surface area contributed by atoms with E-state index in [9.17, 15) is 19.1 Å². The van der Waals surface area contributed by atoms with E-state index in [2.05, 4.69) is 4.98 Å². The predicted molar refractivity (Wildman–Crippen MR) is 87.6 cm³/mol. The fourth-order valence-corrected chi connectivity index (χ4v) is 2.24. The smallest absolute Gasteiger partial charge is 0.219 e. The molecule has 0 unspecified atom stereocenters. The second-order valence-electron chi connectivity index (χ2n) is 5.08. The summed E-state index contributed by atoms with van der Waals surface area (Å²) in [6.07, 6.45) is 0.349. The summed E-state index contributed by atoms with van der Waals surface area (Å²) in [6, 6.07) is 14.5. The number of ketones is 1. The minimum absolute atomic E-state index is 0.00495. The quantitative estimate of drug-likeness (QED) is 0.566. The lowest BCUT2D eigenvalue weighted by Gasteiger charge is -2.09. The average Bonchev–Trinajstić information content (AvgIpc) is 2.62. The van der Waals surface area contributed by atoms with Crippen molar-refractivity contribution >= 4 is 12.1 Å². The number of pyridine rings is 1. The van der Waals surface area contributed by atoms with Crippen molar-refractivity contribution in [3.05, 3.63) is 83.3 Å². The van der Waals surface area contributed by atoms with Crippen LogP contribution in [0.4, 0.5) is 4.39 Å². The van der Waals surface area contributed by atoms with Crippen LogP contribution in [0.2, 0.25) is 0 Å². The van der Waals surface area contributed by atoms with Gasteiger partial charge in [0.25, 0.3) is 0 Å². The number of rotatable bonds is 5. The highest BCUT2D eigenvalue weighted by Crippen LogP contribution is 2.26. The number of benzene rings is 2. The van der Waals surface area contributed by atoms with Crippen LogP contribution in [0.25, 0.3) is 0 Å². The fraction of sp³-hybridized carbons (Fsp3) is 0. The molecule has 0 fully saturated rings. The van der Waals surface area contributed by atoms with Gasteiger partial charge in [0, 0.05) is 6.07 Å². The molecule has 25 heavy (non-hydrogen) atoms. The highest BCUT2D eigenvalue weighted by atomic mass is 19.1. The van der Waals surface area contributed by atoms with Gasteiger partial charge in [-0.25, -0.2) is 9.37 Å². The molecule has 0 atom stereocenters. The molecular weight excluding hydrogens is 325 g/mol. The Morgan fingerprint density at radius 3 is 2.56 bits per heavy atom. The molecule has 1 N–H and O–H groups in total. The van der Waals surface area contributed by atoms with Crippen LogP contribution in [0.15, 0.2) is 60.7 Å². The van der Waals surface area contributed by atoms with Crippen molar-refractivity contribution in [2.75, 3.05) is 0 Å². The maximum atomic E-state index is 13.6. The van der Waals surface area contributed by atoms with Crippen molar-refractivity contribution < 1.29 is 23.8 Å². The standard InChI is InChI=1S/C19H12FNO4/c20-14-6-3-9-17(13(14)11-22)25-18-10-4-7-15(21-18)19(24)12-5-1-2-8-16(12)23/h1-11,23H. The molecule has 0 aliphatic rings. The molecule has 0 bridgehead atoms.